The molecule has 1 amide bonds. The third-order valence-corrected chi connectivity index (χ3v) is 11.1. The van der Waals surface area contributed by atoms with Crippen molar-refractivity contribution in [2.24, 2.45) is 0 Å². The Bertz CT molecular complexity index is 641. The molecule has 0 aliphatic heterocycles. The fourth-order valence-corrected chi connectivity index (χ4v) is 7.54. The minimum absolute atomic E-state index is 0.0258. The highest BCUT2D eigenvalue weighted by molar-refractivity contribution is 5.76. The highest BCUT2D eigenvalue weighted by Crippen LogP contribution is 2.17. The Morgan fingerprint density at radius 1 is 0.400 bits per heavy atom. The van der Waals surface area contributed by atoms with E-state index in [-0.39, 0.29) is 12.5 Å². The van der Waals surface area contributed by atoms with Gasteiger partial charge < -0.3 is 15.5 Å². The first kappa shape index (κ1) is 49.4. The summed E-state index contributed by atoms with van der Waals surface area (Å²) in [5.41, 5.74) is 0. The molecule has 2 atom stereocenters. The molecule has 50 heavy (non-hydrogen) atoms. The van der Waals surface area contributed by atoms with Crippen molar-refractivity contribution in [3.05, 3.63) is 0 Å². The zero-order valence-electron chi connectivity index (χ0n) is 34.4. The first-order valence-electron chi connectivity index (χ1n) is 23.2. The molecule has 3 N–H and O–H groups in total. The lowest BCUT2D eigenvalue weighted by molar-refractivity contribution is -0.123. The van der Waals surface area contributed by atoms with Crippen LogP contribution in [0.5, 0.6) is 0 Å². The van der Waals surface area contributed by atoms with Gasteiger partial charge in [0.1, 0.15) is 0 Å². The minimum atomic E-state index is -0.652. The third-order valence-electron chi connectivity index (χ3n) is 11.1. The quantitative estimate of drug-likeness (QED) is 0.0553. The number of nitrogens with one attached hydrogen (secondary N) is 1. The van der Waals surface area contributed by atoms with Crippen LogP contribution in [0.15, 0.2) is 0 Å². The second-order valence-corrected chi connectivity index (χ2v) is 16.2. The first-order chi connectivity index (χ1) is 24.7. The number of aliphatic hydroxyl groups is 2. The monoisotopic (exact) mass is 708 g/mol. The molecule has 0 fully saturated rings. The lowest BCUT2D eigenvalue weighted by atomic mass is 10.0. The number of aliphatic hydroxyl groups excluding tert-OH is 2. The number of hydrogen-bond acceptors (Lipinski definition) is 3. The van der Waals surface area contributed by atoms with Gasteiger partial charge in [0.25, 0.3) is 0 Å². The van der Waals surface area contributed by atoms with Crippen LogP contribution in [0.25, 0.3) is 0 Å². The van der Waals surface area contributed by atoms with Gasteiger partial charge in [-0.15, -0.1) is 0 Å². The van der Waals surface area contributed by atoms with E-state index in [2.05, 4.69) is 19.2 Å². The van der Waals surface area contributed by atoms with Crippen LogP contribution in [0.2, 0.25) is 0 Å². The molecule has 0 rings (SSSR count). The summed E-state index contributed by atoms with van der Waals surface area (Å²) in [6.45, 7) is 4.38. The standard InChI is InChI=1S/C46H93NO3/c1-3-5-7-9-11-13-15-17-18-19-20-21-22-23-24-25-26-27-28-29-30-32-34-36-38-40-42-46(50)47-44(43-48)45(49)41-39-37-35-33-31-16-14-12-10-8-6-4-2/h44-45,48-49H,3-43H2,1-2H3,(H,47,50). The predicted octanol–water partition coefficient (Wildman–Crippen LogP) is 14.5. The van der Waals surface area contributed by atoms with Crippen LogP contribution in [-0.4, -0.2) is 34.9 Å². The van der Waals surface area contributed by atoms with Crippen LogP contribution in [0.3, 0.4) is 0 Å². The summed E-state index contributed by atoms with van der Waals surface area (Å²) in [6, 6.07) is -0.528. The molecule has 0 heterocycles. The Hall–Kier alpha value is -0.610. The summed E-state index contributed by atoms with van der Waals surface area (Å²) in [6.07, 6.45) is 52.0. The Labute approximate surface area is 314 Å². The predicted molar refractivity (Wildman–Crippen MR) is 221 cm³/mol. The van der Waals surface area contributed by atoms with Crippen LogP contribution < -0.4 is 5.32 Å². The van der Waals surface area contributed by atoms with Crippen molar-refractivity contribution < 1.29 is 15.0 Å². The Morgan fingerprint density at radius 3 is 0.900 bits per heavy atom. The molecule has 300 valence electrons. The second-order valence-electron chi connectivity index (χ2n) is 16.2. The van der Waals surface area contributed by atoms with E-state index in [0.29, 0.717) is 12.8 Å². The van der Waals surface area contributed by atoms with Crippen molar-refractivity contribution >= 4 is 5.91 Å². The van der Waals surface area contributed by atoms with Gasteiger partial charge in [0, 0.05) is 6.42 Å². The first-order valence-corrected chi connectivity index (χ1v) is 23.2. The van der Waals surface area contributed by atoms with Crippen molar-refractivity contribution in [1.29, 1.82) is 0 Å². The van der Waals surface area contributed by atoms with E-state index in [1.165, 1.54) is 218 Å². The molecule has 0 aromatic heterocycles. The van der Waals surface area contributed by atoms with Gasteiger partial charge in [-0.05, 0) is 12.8 Å². The van der Waals surface area contributed by atoms with Crippen molar-refractivity contribution in [2.45, 2.75) is 283 Å². The highest BCUT2D eigenvalue weighted by atomic mass is 16.3. The lowest BCUT2D eigenvalue weighted by Crippen LogP contribution is -2.45. The summed E-state index contributed by atoms with van der Waals surface area (Å²) in [7, 11) is 0. The number of carbonyl (C=O) groups is 1. The largest absolute Gasteiger partial charge is 0.394 e. The number of rotatable bonds is 43. The fraction of sp³-hybridized carbons (Fsp3) is 0.978. The summed E-state index contributed by atoms with van der Waals surface area (Å²) in [4.78, 5) is 12.4. The molecule has 0 aromatic carbocycles. The topological polar surface area (TPSA) is 69.6 Å². The summed E-state index contributed by atoms with van der Waals surface area (Å²) in [5.74, 6) is -0.0258. The molecule has 0 bridgehead atoms. The molecule has 0 aliphatic rings. The number of amides is 1. The Kier molecular flexibility index (Phi) is 42.3. The highest BCUT2D eigenvalue weighted by Gasteiger charge is 2.20. The molecule has 0 saturated carbocycles. The van der Waals surface area contributed by atoms with Crippen LogP contribution in [0.4, 0.5) is 0 Å². The van der Waals surface area contributed by atoms with E-state index < -0.39 is 12.1 Å². The molecule has 0 saturated heterocycles. The zero-order chi connectivity index (χ0) is 36.4. The number of carbonyl (C=O) groups excluding carboxylic acids is 1. The van der Waals surface area contributed by atoms with Gasteiger partial charge in [-0.25, -0.2) is 0 Å². The number of hydrogen-bond donors (Lipinski definition) is 3. The SMILES string of the molecule is CCCCCCCCCCCCCCCCCCCCCCCCCCCCC(=O)NC(CO)C(O)CCCCCCCCCCCCCC. The minimum Gasteiger partial charge on any atom is -0.394 e. The van der Waals surface area contributed by atoms with Crippen molar-refractivity contribution in [2.75, 3.05) is 6.61 Å². The van der Waals surface area contributed by atoms with E-state index >= 15 is 0 Å². The van der Waals surface area contributed by atoms with E-state index in [4.69, 9.17) is 0 Å². The van der Waals surface area contributed by atoms with Crippen LogP contribution in [0.1, 0.15) is 271 Å². The van der Waals surface area contributed by atoms with E-state index in [0.717, 1.165) is 25.7 Å². The van der Waals surface area contributed by atoms with E-state index in [1.54, 1.807) is 0 Å². The smallest absolute Gasteiger partial charge is 0.220 e. The van der Waals surface area contributed by atoms with E-state index in [1.807, 2.05) is 0 Å². The summed E-state index contributed by atoms with van der Waals surface area (Å²) in [5, 5.41) is 23.1. The van der Waals surface area contributed by atoms with Gasteiger partial charge in [-0.3, -0.25) is 4.79 Å². The lowest BCUT2D eigenvalue weighted by Gasteiger charge is -2.22. The molecular formula is C46H93NO3. The average Bonchev–Trinajstić information content (AvgIpc) is 3.12. The maximum Gasteiger partial charge on any atom is 0.220 e. The van der Waals surface area contributed by atoms with Gasteiger partial charge in [0.15, 0.2) is 0 Å². The summed E-state index contributed by atoms with van der Waals surface area (Å²) >= 11 is 0. The Morgan fingerprint density at radius 2 is 0.640 bits per heavy atom. The zero-order valence-corrected chi connectivity index (χ0v) is 34.4. The van der Waals surface area contributed by atoms with Gasteiger partial charge in [0.2, 0.25) is 5.91 Å². The average molecular weight is 708 g/mol. The fourth-order valence-electron chi connectivity index (χ4n) is 7.54. The van der Waals surface area contributed by atoms with Gasteiger partial charge in [-0.2, -0.15) is 0 Å². The van der Waals surface area contributed by atoms with Crippen molar-refractivity contribution in [1.82, 2.24) is 5.32 Å². The number of unbranched alkanes of at least 4 members (excludes halogenated alkanes) is 36. The molecule has 4 nitrogen and oxygen atoms in total. The maximum atomic E-state index is 12.4. The van der Waals surface area contributed by atoms with Crippen molar-refractivity contribution in [3.8, 4) is 0 Å². The Balaban J connectivity index is 3.39. The molecule has 4 heteroatoms. The van der Waals surface area contributed by atoms with Gasteiger partial charge in [0.05, 0.1) is 18.8 Å². The van der Waals surface area contributed by atoms with Gasteiger partial charge >= 0.3 is 0 Å². The molecule has 0 spiro atoms. The molecule has 0 aromatic rings. The maximum absolute atomic E-state index is 12.4. The van der Waals surface area contributed by atoms with E-state index in [9.17, 15) is 15.0 Å². The van der Waals surface area contributed by atoms with Crippen LogP contribution >= 0.6 is 0 Å². The summed E-state index contributed by atoms with van der Waals surface area (Å²) < 4.78 is 0. The molecule has 0 radical (unpaired) electrons. The molecule has 2 unspecified atom stereocenters. The third kappa shape index (κ3) is 38.6. The van der Waals surface area contributed by atoms with Crippen LogP contribution in [-0.2, 0) is 4.79 Å². The molecular weight excluding hydrogens is 615 g/mol. The van der Waals surface area contributed by atoms with Crippen LogP contribution in [0, 0.1) is 0 Å². The second kappa shape index (κ2) is 42.8. The normalized spacial score (nSPS) is 12.8. The van der Waals surface area contributed by atoms with Gasteiger partial charge in [-0.1, -0.05) is 251 Å². The van der Waals surface area contributed by atoms with Crippen molar-refractivity contribution in [3.63, 3.8) is 0 Å². The molecule has 0 aliphatic carbocycles.